The molecule has 0 unspecified atom stereocenters. The van der Waals surface area contributed by atoms with Gasteiger partial charge in [-0.2, -0.15) is 5.10 Å². The van der Waals surface area contributed by atoms with Crippen LogP contribution in [0.25, 0.3) is 0 Å². The van der Waals surface area contributed by atoms with Crippen LogP contribution in [-0.2, 0) is 14.8 Å². The molecule has 0 heterocycles. The molecular formula is C17H16BrN3O5S. The number of anilines is 1. The second-order valence-electron chi connectivity index (χ2n) is 5.43. The van der Waals surface area contributed by atoms with Gasteiger partial charge in [-0.25, -0.2) is 18.6 Å². The summed E-state index contributed by atoms with van der Waals surface area (Å²) < 4.78 is 25.7. The van der Waals surface area contributed by atoms with Gasteiger partial charge in [0.25, 0.3) is 5.91 Å². The van der Waals surface area contributed by atoms with Crippen molar-refractivity contribution in [3.63, 3.8) is 0 Å². The summed E-state index contributed by atoms with van der Waals surface area (Å²) in [6, 6.07) is 12.6. The fraction of sp³-hybridized carbons (Fsp3) is 0.118. The number of hydrogen-bond acceptors (Lipinski definition) is 5. The minimum atomic E-state index is -3.69. The highest BCUT2D eigenvalue weighted by molar-refractivity contribution is 9.10. The lowest BCUT2D eigenvalue weighted by Crippen LogP contribution is -2.39. The number of carbonyl (C=O) groups is 2. The molecule has 0 saturated heterocycles. The minimum Gasteiger partial charge on any atom is -0.478 e. The molecule has 2 N–H and O–H groups in total. The Morgan fingerprint density at radius 2 is 1.81 bits per heavy atom. The molecule has 0 spiro atoms. The Kier molecular flexibility index (Phi) is 6.70. The number of carboxylic acids is 1. The third kappa shape index (κ3) is 5.90. The van der Waals surface area contributed by atoms with Gasteiger partial charge >= 0.3 is 5.97 Å². The normalized spacial score (nSPS) is 11.3. The van der Waals surface area contributed by atoms with Crippen molar-refractivity contribution in [2.75, 3.05) is 17.1 Å². The highest BCUT2D eigenvalue weighted by Crippen LogP contribution is 2.20. The van der Waals surface area contributed by atoms with Crippen LogP contribution in [0.4, 0.5) is 5.69 Å². The van der Waals surface area contributed by atoms with Gasteiger partial charge in [0, 0.05) is 10.0 Å². The summed E-state index contributed by atoms with van der Waals surface area (Å²) >= 11 is 3.26. The van der Waals surface area contributed by atoms with Crippen LogP contribution < -0.4 is 9.73 Å². The molecule has 27 heavy (non-hydrogen) atoms. The van der Waals surface area contributed by atoms with Crippen LogP contribution in [0.3, 0.4) is 0 Å². The Bertz CT molecular complexity index is 974. The van der Waals surface area contributed by atoms with Gasteiger partial charge in [-0.3, -0.25) is 9.10 Å². The first-order chi connectivity index (χ1) is 12.7. The summed E-state index contributed by atoms with van der Waals surface area (Å²) in [4.78, 5) is 23.2. The lowest BCUT2D eigenvalue weighted by atomic mass is 10.1. The minimum absolute atomic E-state index is 0.0307. The van der Waals surface area contributed by atoms with E-state index in [1.807, 2.05) is 0 Å². The first kappa shape index (κ1) is 20.6. The average molecular weight is 454 g/mol. The third-order valence-electron chi connectivity index (χ3n) is 3.39. The smallest absolute Gasteiger partial charge is 0.336 e. The Morgan fingerprint density at radius 1 is 1.19 bits per heavy atom. The number of hydrogen-bond donors (Lipinski definition) is 2. The molecule has 0 fully saturated rings. The second-order valence-corrected chi connectivity index (χ2v) is 8.25. The molecule has 2 aromatic carbocycles. The monoisotopic (exact) mass is 453 g/mol. The molecule has 142 valence electrons. The van der Waals surface area contributed by atoms with Crippen molar-refractivity contribution in [3.8, 4) is 0 Å². The van der Waals surface area contributed by atoms with Crippen LogP contribution in [0.1, 0.15) is 15.9 Å². The van der Waals surface area contributed by atoms with E-state index in [4.69, 9.17) is 5.11 Å². The van der Waals surface area contributed by atoms with E-state index in [-0.39, 0.29) is 5.56 Å². The topological polar surface area (TPSA) is 116 Å². The zero-order valence-electron chi connectivity index (χ0n) is 14.2. The highest BCUT2D eigenvalue weighted by Gasteiger charge is 2.20. The van der Waals surface area contributed by atoms with Gasteiger partial charge in [0.05, 0.1) is 23.7 Å². The Morgan fingerprint density at radius 3 is 2.41 bits per heavy atom. The number of benzene rings is 2. The maximum atomic E-state index is 12.1. The zero-order valence-corrected chi connectivity index (χ0v) is 16.6. The molecule has 8 nitrogen and oxygen atoms in total. The van der Waals surface area contributed by atoms with E-state index in [1.54, 1.807) is 36.4 Å². The van der Waals surface area contributed by atoms with Crippen LogP contribution in [-0.4, -0.2) is 44.4 Å². The van der Waals surface area contributed by atoms with Gasteiger partial charge in [0.15, 0.2) is 0 Å². The van der Waals surface area contributed by atoms with Crippen molar-refractivity contribution in [1.82, 2.24) is 5.43 Å². The van der Waals surface area contributed by atoms with E-state index in [0.717, 1.165) is 15.0 Å². The molecule has 1 amide bonds. The number of carbonyl (C=O) groups excluding carboxylic acids is 1. The number of nitrogens with one attached hydrogen (secondary N) is 1. The van der Waals surface area contributed by atoms with Gasteiger partial charge in [-0.1, -0.05) is 34.1 Å². The number of aromatic carboxylic acids is 1. The average Bonchev–Trinajstić information content (AvgIpc) is 2.60. The highest BCUT2D eigenvalue weighted by atomic mass is 79.9. The van der Waals surface area contributed by atoms with Gasteiger partial charge in [0.1, 0.15) is 6.54 Å². The summed E-state index contributed by atoms with van der Waals surface area (Å²) in [6.45, 7) is -0.474. The first-order valence-electron chi connectivity index (χ1n) is 7.56. The summed E-state index contributed by atoms with van der Waals surface area (Å²) in [5, 5.41) is 12.8. The molecule has 0 aliphatic carbocycles. The van der Waals surface area contributed by atoms with Gasteiger partial charge in [-0.05, 0) is 30.3 Å². The third-order valence-corrected chi connectivity index (χ3v) is 5.06. The second kappa shape index (κ2) is 8.78. The molecule has 2 aromatic rings. The summed E-state index contributed by atoms with van der Waals surface area (Å²) in [5.74, 6) is -1.80. The maximum Gasteiger partial charge on any atom is 0.336 e. The van der Waals surface area contributed by atoms with Crippen LogP contribution in [0.5, 0.6) is 0 Å². The number of sulfonamides is 1. The van der Waals surface area contributed by atoms with Crippen molar-refractivity contribution in [2.45, 2.75) is 0 Å². The first-order valence-corrected chi connectivity index (χ1v) is 10.2. The number of halogens is 1. The predicted molar refractivity (Wildman–Crippen MR) is 105 cm³/mol. The summed E-state index contributed by atoms with van der Waals surface area (Å²) in [5.41, 5.74) is 2.87. The number of hydrazone groups is 1. The summed E-state index contributed by atoms with van der Waals surface area (Å²) in [7, 11) is -3.69. The SMILES string of the molecule is CS(=O)(=O)N(CC(=O)N/N=C\c1ccccc1C(=O)O)c1ccc(Br)cc1. The van der Waals surface area contributed by atoms with Gasteiger partial charge in [0.2, 0.25) is 10.0 Å². The van der Waals surface area contributed by atoms with E-state index in [1.165, 1.54) is 18.3 Å². The fourth-order valence-corrected chi connectivity index (χ4v) is 3.27. The fourth-order valence-electron chi connectivity index (χ4n) is 2.15. The molecule has 0 aromatic heterocycles. The van der Waals surface area contributed by atoms with Crippen molar-refractivity contribution < 1.29 is 23.1 Å². The van der Waals surface area contributed by atoms with E-state index in [0.29, 0.717) is 11.3 Å². The lowest BCUT2D eigenvalue weighted by Gasteiger charge is -2.21. The quantitative estimate of drug-likeness (QED) is 0.491. The maximum absolute atomic E-state index is 12.1. The molecule has 0 atom stereocenters. The molecule has 0 radical (unpaired) electrons. The largest absolute Gasteiger partial charge is 0.478 e. The van der Waals surface area contributed by atoms with Crippen LogP contribution in [0.15, 0.2) is 58.1 Å². The standard InChI is InChI=1S/C17H16BrN3O5S/c1-27(25,26)21(14-8-6-13(18)7-9-14)11-16(22)20-19-10-12-4-2-3-5-15(12)17(23)24/h2-10H,11H2,1H3,(H,20,22)(H,23,24)/b19-10-. The van der Waals surface area contributed by atoms with Crippen LogP contribution in [0, 0.1) is 0 Å². The van der Waals surface area contributed by atoms with Gasteiger partial charge < -0.3 is 5.11 Å². The lowest BCUT2D eigenvalue weighted by molar-refractivity contribution is -0.119. The van der Waals surface area contributed by atoms with Gasteiger partial charge in [-0.15, -0.1) is 0 Å². The zero-order chi connectivity index (χ0) is 20.0. The van der Waals surface area contributed by atoms with E-state index in [2.05, 4.69) is 26.5 Å². The van der Waals surface area contributed by atoms with E-state index in [9.17, 15) is 18.0 Å². The van der Waals surface area contributed by atoms with Crippen LogP contribution >= 0.6 is 15.9 Å². The van der Waals surface area contributed by atoms with Crippen molar-refractivity contribution in [2.24, 2.45) is 5.10 Å². The Hall–Kier alpha value is -2.72. The number of amides is 1. The van der Waals surface area contributed by atoms with Crippen LogP contribution in [0.2, 0.25) is 0 Å². The number of carboxylic acid groups (broad SMARTS) is 1. The Labute approximate surface area is 164 Å². The summed E-state index contributed by atoms with van der Waals surface area (Å²) in [6.07, 6.45) is 2.18. The van der Waals surface area contributed by atoms with E-state index >= 15 is 0 Å². The number of rotatable bonds is 7. The van der Waals surface area contributed by atoms with Crippen molar-refractivity contribution >= 4 is 49.7 Å². The van der Waals surface area contributed by atoms with Crippen molar-refractivity contribution in [3.05, 3.63) is 64.1 Å². The molecule has 10 heteroatoms. The Balaban J connectivity index is 2.11. The molecule has 2 rings (SSSR count). The molecule has 0 aliphatic heterocycles. The molecule has 0 bridgehead atoms. The predicted octanol–water partition coefficient (Wildman–Crippen LogP) is 2.06. The van der Waals surface area contributed by atoms with Crippen molar-refractivity contribution in [1.29, 1.82) is 0 Å². The van der Waals surface area contributed by atoms with E-state index < -0.39 is 28.4 Å². The molecule has 0 aliphatic rings. The molecule has 0 saturated carbocycles. The number of nitrogens with zero attached hydrogens (tertiary/aromatic N) is 2. The molecular weight excluding hydrogens is 438 g/mol.